The Morgan fingerprint density at radius 3 is 2.65 bits per heavy atom. The summed E-state index contributed by atoms with van der Waals surface area (Å²) < 4.78 is 0. The van der Waals surface area contributed by atoms with E-state index < -0.39 is 0 Å². The molecule has 0 aliphatic carbocycles. The fourth-order valence-corrected chi connectivity index (χ4v) is 2.61. The van der Waals surface area contributed by atoms with Gasteiger partial charge in [0.15, 0.2) is 0 Å². The third-order valence-corrected chi connectivity index (χ3v) is 3.61. The number of aromatic nitrogens is 1. The Morgan fingerprint density at radius 1 is 0.800 bits per heavy atom. The molecule has 0 N–H and O–H groups in total. The summed E-state index contributed by atoms with van der Waals surface area (Å²) in [6.45, 7) is 0. The molecule has 0 atom stereocenters. The van der Waals surface area contributed by atoms with Crippen molar-refractivity contribution in [3.63, 3.8) is 0 Å². The minimum Gasteiger partial charge on any atom is -0.256 e. The van der Waals surface area contributed by atoms with Crippen molar-refractivity contribution in [3.05, 3.63) is 79.0 Å². The molecule has 0 bridgehead atoms. The second-order valence-corrected chi connectivity index (χ2v) is 4.85. The van der Waals surface area contributed by atoms with E-state index in [0.29, 0.717) is 0 Å². The van der Waals surface area contributed by atoms with Crippen molar-refractivity contribution >= 4 is 21.7 Å². The number of hydrogen-bond donors (Lipinski definition) is 0. The molecule has 0 saturated heterocycles. The highest BCUT2D eigenvalue weighted by Gasteiger charge is 2.03. The van der Waals surface area contributed by atoms with Gasteiger partial charge in [0.1, 0.15) is 0 Å². The van der Waals surface area contributed by atoms with E-state index in [-0.39, 0.29) is 0 Å². The quantitative estimate of drug-likeness (QED) is 0.442. The minimum atomic E-state index is 1.06. The van der Waals surface area contributed by atoms with Crippen LogP contribution in [-0.2, 0) is 0 Å². The maximum atomic E-state index is 4.50. The fourth-order valence-electron chi connectivity index (χ4n) is 2.61. The first-order valence-electron chi connectivity index (χ1n) is 6.66. The predicted molar refractivity (Wildman–Crippen MR) is 83.5 cm³/mol. The van der Waals surface area contributed by atoms with Gasteiger partial charge in [0.25, 0.3) is 0 Å². The van der Waals surface area contributed by atoms with Crippen LogP contribution in [0.1, 0.15) is 0 Å². The standard InChI is InChI=1S/C19H12N/c1-2-5-14(6-3-1)16-10-11-18-17(13-16)9-8-15-7-4-12-20-19(15)18/h1-5,7-13H. The van der Waals surface area contributed by atoms with Gasteiger partial charge >= 0.3 is 0 Å². The fraction of sp³-hybridized carbons (Fsp3) is 0. The maximum absolute atomic E-state index is 4.50. The van der Waals surface area contributed by atoms with Crippen LogP contribution in [0.5, 0.6) is 0 Å². The number of hydrogen-bond acceptors (Lipinski definition) is 1. The smallest absolute Gasteiger partial charge is 0.0780 e. The monoisotopic (exact) mass is 254 g/mol. The summed E-state index contributed by atoms with van der Waals surface area (Å²) >= 11 is 0. The van der Waals surface area contributed by atoms with Crippen LogP contribution in [0.15, 0.2) is 72.9 Å². The third-order valence-electron chi connectivity index (χ3n) is 3.61. The summed E-state index contributed by atoms with van der Waals surface area (Å²) in [6, 6.07) is 26.2. The lowest BCUT2D eigenvalue weighted by atomic mass is 9.99. The zero-order valence-corrected chi connectivity index (χ0v) is 10.9. The molecule has 0 unspecified atom stereocenters. The van der Waals surface area contributed by atoms with Crippen molar-refractivity contribution in [3.8, 4) is 11.1 Å². The molecular formula is C19H12N. The normalized spacial score (nSPS) is 11.0. The Kier molecular flexibility index (Phi) is 2.49. The zero-order valence-electron chi connectivity index (χ0n) is 10.9. The van der Waals surface area contributed by atoms with Crippen LogP contribution >= 0.6 is 0 Å². The molecule has 4 aromatic rings. The summed E-state index contributed by atoms with van der Waals surface area (Å²) in [5.74, 6) is 0. The molecule has 0 amide bonds. The average Bonchev–Trinajstić information content (AvgIpc) is 2.55. The van der Waals surface area contributed by atoms with E-state index in [4.69, 9.17) is 0 Å². The number of rotatable bonds is 1. The first kappa shape index (κ1) is 11.2. The topological polar surface area (TPSA) is 12.9 Å². The molecule has 0 aliphatic heterocycles. The van der Waals surface area contributed by atoms with Crippen LogP contribution in [-0.4, -0.2) is 4.98 Å². The number of pyridine rings is 1. The molecule has 3 aromatic carbocycles. The van der Waals surface area contributed by atoms with Crippen molar-refractivity contribution < 1.29 is 0 Å². The van der Waals surface area contributed by atoms with Gasteiger partial charge in [0, 0.05) is 17.0 Å². The summed E-state index contributed by atoms with van der Waals surface area (Å²) in [6.07, 6.45) is 1.85. The highest BCUT2D eigenvalue weighted by Crippen LogP contribution is 2.28. The van der Waals surface area contributed by atoms with Crippen molar-refractivity contribution in [1.82, 2.24) is 4.98 Å². The van der Waals surface area contributed by atoms with Gasteiger partial charge in [-0.05, 0) is 34.7 Å². The van der Waals surface area contributed by atoms with E-state index in [9.17, 15) is 0 Å². The first-order chi connectivity index (χ1) is 9.92. The highest BCUT2D eigenvalue weighted by atomic mass is 14.6. The molecule has 20 heavy (non-hydrogen) atoms. The van der Waals surface area contributed by atoms with Crippen LogP contribution in [0, 0.1) is 6.07 Å². The molecule has 0 aliphatic rings. The van der Waals surface area contributed by atoms with Crippen molar-refractivity contribution in [2.45, 2.75) is 0 Å². The van der Waals surface area contributed by atoms with Gasteiger partial charge in [-0.3, -0.25) is 4.98 Å². The molecule has 93 valence electrons. The lowest BCUT2D eigenvalue weighted by molar-refractivity contribution is 1.43. The molecular weight excluding hydrogens is 242 g/mol. The lowest BCUT2D eigenvalue weighted by Crippen LogP contribution is -1.83. The molecule has 0 spiro atoms. The van der Waals surface area contributed by atoms with Crippen LogP contribution in [0.4, 0.5) is 0 Å². The number of nitrogens with zero attached hydrogens (tertiary/aromatic N) is 1. The van der Waals surface area contributed by atoms with Crippen LogP contribution < -0.4 is 0 Å². The second-order valence-electron chi connectivity index (χ2n) is 4.85. The Bertz CT molecular complexity index is 895. The number of fused-ring (bicyclic) bond motifs is 3. The summed E-state index contributed by atoms with van der Waals surface area (Å²) in [5.41, 5.74) is 3.37. The first-order valence-corrected chi connectivity index (χ1v) is 6.66. The molecule has 4 rings (SSSR count). The summed E-state index contributed by atoms with van der Waals surface area (Å²) in [5, 5.41) is 3.59. The molecule has 0 saturated carbocycles. The Hall–Kier alpha value is -2.67. The van der Waals surface area contributed by atoms with E-state index in [2.05, 4.69) is 53.5 Å². The van der Waals surface area contributed by atoms with Crippen molar-refractivity contribution in [1.29, 1.82) is 0 Å². The van der Waals surface area contributed by atoms with Gasteiger partial charge < -0.3 is 0 Å². The van der Waals surface area contributed by atoms with E-state index in [0.717, 1.165) is 11.1 Å². The molecule has 1 aromatic heterocycles. The van der Waals surface area contributed by atoms with E-state index >= 15 is 0 Å². The Morgan fingerprint density at radius 2 is 1.75 bits per heavy atom. The van der Waals surface area contributed by atoms with Crippen LogP contribution in [0.25, 0.3) is 32.8 Å². The minimum absolute atomic E-state index is 1.06. The van der Waals surface area contributed by atoms with Gasteiger partial charge in [-0.2, -0.15) is 0 Å². The van der Waals surface area contributed by atoms with E-state index in [1.54, 1.807) is 0 Å². The Balaban J connectivity index is 1.99. The molecule has 1 nitrogen and oxygen atoms in total. The molecule has 1 heteroatoms. The second kappa shape index (κ2) is 4.46. The molecule has 0 fully saturated rings. The third kappa shape index (κ3) is 1.76. The van der Waals surface area contributed by atoms with Gasteiger partial charge in [-0.25, -0.2) is 0 Å². The van der Waals surface area contributed by atoms with Crippen molar-refractivity contribution in [2.24, 2.45) is 0 Å². The SMILES string of the molecule is [c]1ccccc1-c1ccc2c(ccc3cccnc32)c1. The van der Waals surface area contributed by atoms with Gasteiger partial charge in [0.05, 0.1) is 5.52 Å². The van der Waals surface area contributed by atoms with Crippen LogP contribution in [0.3, 0.4) is 0 Å². The maximum Gasteiger partial charge on any atom is 0.0780 e. The number of benzene rings is 3. The van der Waals surface area contributed by atoms with E-state index in [1.165, 1.54) is 21.7 Å². The summed E-state index contributed by atoms with van der Waals surface area (Å²) in [4.78, 5) is 4.50. The Labute approximate surface area is 117 Å². The van der Waals surface area contributed by atoms with Gasteiger partial charge in [-0.15, -0.1) is 0 Å². The molecule has 1 heterocycles. The lowest BCUT2D eigenvalue weighted by Gasteiger charge is -2.06. The average molecular weight is 254 g/mol. The largest absolute Gasteiger partial charge is 0.256 e. The highest BCUT2D eigenvalue weighted by molar-refractivity contribution is 6.06. The summed E-state index contributed by atoms with van der Waals surface area (Å²) in [7, 11) is 0. The van der Waals surface area contributed by atoms with E-state index in [1.807, 2.05) is 30.5 Å². The van der Waals surface area contributed by atoms with Crippen molar-refractivity contribution in [2.75, 3.05) is 0 Å². The van der Waals surface area contributed by atoms with Gasteiger partial charge in [0.2, 0.25) is 0 Å². The zero-order chi connectivity index (χ0) is 13.4. The van der Waals surface area contributed by atoms with Gasteiger partial charge in [-0.1, -0.05) is 54.6 Å². The predicted octanol–water partition coefficient (Wildman–Crippen LogP) is 4.86. The molecule has 1 radical (unpaired) electrons. The van der Waals surface area contributed by atoms with Crippen LogP contribution in [0.2, 0.25) is 0 Å².